The van der Waals surface area contributed by atoms with Crippen molar-refractivity contribution in [2.24, 2.45) is 11.8 Å². The first-order valence-electron chi connectivity index (χ1n) is 12.9. The lowest BCUT2D eigenvalue weighted by Gasteiger charge is -2.35. The van der Waals surface area contributed by atoms with E-state index in [1.54, 1.807) is 0 Å². The highest BCUT2D eigenvalue weighted by Crippen LogP contribution is 2.47. The number of nitrogens with zero attached hydrogens (tertiary/aromatic N) is 1. The van der Waals surface area contributed by atoms with Gasteiger partial charge in [-0.15, -0.1) is 0 Å². The molecule has 2 aliphatic rings. The summed E-state index contributed by atoms with van der Waals surface area (Å²) in [4.78, 5) is 16.2. The third-order valence-electron chi connectivity index (χ3n) is 7.82. The van der Waals surface area contributed by atoms with Gasteiger partial charge in [-0.1, -0.05) is 103 Å². The van der Waals surface area contributed by atoms with Crippen molar-refractivity contribution in [3.8, 4) is 0 Å². The Labute approximate surface area is 209 Å². The minimum Gasteiger partial charge on any atom is -0.353 e. The van der Waals surface area contributed by atoms with Crippen molar-refractivity contribution in [1.82, 2.24) is 10.2 Å². The molecular formula is C32H36N2O. The summed E-state index contributed by atoms with van der Waals surface area (Å²) in [5.74, 6) is 1.34. The first kappa shape index (κ1) is 23.6. The molecule has 1 saturated carbocycles. The molecule has 3 aromatic carbocycles. The molecule has 3 heteroatoms. The van der Waals surface area contributed by atoms with Gasteiger partial charge >= 0.3 is 0 Å². The van der Waals surface area contributed by atoms with Gasteiger partial charge in [0.15, 0.2) is 0 Å². The number of hydrogen-bond donors (Lipinski definition) is 1. The van der Waals surface area contributed by atoms with E-state index in [9.17, 15) is 4.79 Å². The number of amides is 1. The number of benzene rings is 3. The lowest BCUT2D eigenvalue weighted by molar-refractivity contribution is -0.122. The molecule has 1 N–H and O–H groups in total. The summed E-state index contributed by atoms with van der Waals surface area (Å²) in [6.07, 6.45) is 3.83. The summed E-state index contributed by atoms with van der Waals surface area (Å²) < 4.78 is 0. The maximum Gasteiger partial charge on any atom is 0.221 e. The molecule has 3 aromatic rings. The summed E-state index contributed by atoms with van der Waals surface area (Å²) in [5, 5.41) is 3.44. The van der Waals surface area contributed by atoms with Gasteiger partial charge in [-0.25, -0.2) is 0 Å². The Morgan fingerprint density at radius 2 is 1.29 bits per heavy atom. The zero-order chi connectivity index (χ0) is 24.3. The second-order valence-electron chi connectivity index (χ2n) is 10.4. The SMILES string of the molecule is CC(C)=CCCN1C[C@@H]2C(NC(=O)CC(c3ccccc3)(c3ccccc3)c3ccccc3)[C@@H]2C1. The molecule has 180 valence electrons. The average molecular weight is 465 g/mol. The van der Waals surface area contributed by atoms with Gasteiger partial charge in [0, 0.05) is 32.1 Å². The van der Waals surface area contributed by atoms with Crippen molar-refractivity contribution in [1.29, 1.82) is 0 Å². The topological polar surface area (TPSA) is 32.3 Å². The van der Waals surface area contributed by atoms with E-state index < -0.39 is 5.41 Å². The van der Waals surface area contributed by atoms with Crippen LogP contribution in [-0.2, 0) is 10.2 Å². The summed E-state index contributed by atoms with van der Waals surface area (Å²) >= 11 is 0. The monoisotopic (exact) mass is 464 g/mol. The average Bonchev–Trinajstić information content (AvgIpc) is 3.31. The van der Waals surface area contributed by atoms with E-state index in [1.807, 2.05) is 18.2 Å². The van der Waals surface area contributed by atoms with Crippen LogP contribution in [0.5, 0.6) is 0 Å². The predicted octanol–water partition coefficient (Wildman–Crippen LogP) is 5.81. The van der Waals surface area contributed by atoms with Crippen LogP contribution in [0.2, 0.25) is 0 Å². The Morgan fingerprint density at radius 3 is 1.71 bits per heavy atom. The zero-order valence-electron chi connectivity index (χ0n) is 20.9. The Balaban J connectivity index is 1.35. The minimum absolute atomic E-state index is 0.136. The number of hydrogen-bond acceptors (Lipinski definition) is 2. The fraction of sp³-hybridized carbons (Fsp3) is 0.344. The first-order valence-corrected chi connectivity index (χ1v) is 12.9. The van der Waals surface area contributed by atoms with Crippen LogP contribution in [0, 0.1) is 11.8 Å². The molecule has 0 aromatic heterocycles. The summed E-state index contributed by atoms with van der Waals surface area (Å²) in [6.45, 7) is 7.65. The second kappa shape index (κ2) is 10.2. The summed E-state index contributed by atoms with van der Waals surface area (Å²) in [7, 11) is 0. The first-order chi connectivity index (χ1) is 17.1. The zero-order valence-corrected chi connectivity index (χ0v) is 20.9. The molecule has 0 bridgehead atoms. The van der Waals surface area contributed by atoms with Crippen LogP contribution in [0.3, 0.4) is 0 Å². The van der Waals surface area contributed by atoms with E-state index >= 15 is 0 Å². The molecule has 3 nitrogen and oxygen atoms in total. The maximum atomic E-state index is 13.7. The van der Waals surface area contributed by atoms with Crippen LogP contribution in [0.1, 0.15) is 43.4 Å². The highest BCUT2D eigenvalue weighted by molar-refractivity contribution is 5.81. The molecule has 0 spiro atoms. The quantitative estimate of drug-likeness (QED) is 0.320. The third kappa shape index (κ3) is 4.97. The van der Waals surface area contributed by atoms with Crippen LogP contribution in [0.4, 0.5) is 0 Å². The van der Waals surface area contributed by atoms with Crippen molar-refractivity contribution in [3.63, 3.8) is 0 Å². The van der Waals surface area contributed by atoms with E-state index in [-0.39, 0.29) is 5.91 Å². The summed E-state index contributed by atoms with van der Waals surface area (Å²) in [6, 6.07) is 31.8. The van der Waals surface area contributed by atoms with Gasteiger partial charge in [0.05, 0.1) is 5.41 Å². The van der Waals surface area contributed by atoms with Crippen molar-refractivity contribution < 1.29 is 4.79 Å². The van der Waals surface area contributed by atoms with Gasteiger partial charge < -0.3 is 10.2 Å². The molecular weight excluding hydrogens is 428 g/mol. The largest absolute Gasteiger partial charge is 0.353 e. The van der Waals surface area contributed by atoms with E-state index in [2.05, 4.69) is 103 Å². The predicted molar refractivity (Wildman–Crippen MR) is 143 cm³/mol. The van der Waals surface area contributed by atoms with Gasteiger partial charge in [0.2, 0.25) is 5.91 Å². The van der Waals surface area contributed by atoms with Crippen molar-refractivity contribution in [2.75, 3.05) is 19.6 Å². The lowest BCUT2D eigenvalue weighted by atomic mass is 9.67. The van der Waals surface area contributed by atoms with Gasteiger partial charge in [-0.05, 0) is 48.8 Å². The van der Waals surface area contributed by atoms with Crippen molar-refractivity contribution in [3.05, 3.63) is 119 Å². The molecule has 1 heterocycles. The van der Waals surface area contributed by atoms with E-state index in [4.69, 9.17) is 0 Å². The minimum atomic E-state index is -0.533. The van der Waals surface area contributed by atoms with Gasteiger partial charge in [0.1, 0.15) is 0 Å². The van der Waals surface area contributed by atoms with E-state index in [0.717, 1.165) is 42.7 Å². The van der Waals surface area contributed by atoms with Crippen LogP contribution in [0.25, 0.3) is 0 Å². The molecule has 35 heavy (non-hydrogen) atoms. The van der Waals surface area contributed by atoms with Crippen molar-refractivity contribution >= 4 is 5.91 Å². The van der Waals surface area contributed by atoms with Crippen LogP contribution in [-0.4, -0.2) is 36.5 Å². The number of nitrogens with one attached hydrogen (secondary N) is 1. The fourth-order valence-electron chi connectivity index (χ4n) is 6.00. The van der Waals surface area contributed by atoms with Crippen molar-refractivity contribution in [2.45, 2.75) is 38.1 Å². The molecule has 1 unspecified atom stereocenters. The Morgan fingerprint density at radius 1 is 0.829 bits per heavy atom. The van der Waals surface area contributed by atoms with Gasteiger partial charge in [-0.2, -0.15) is 0 Å². The summed E-state index contributed by atoms with van der Waals surface area (Å²) in [5.41, 5.74) is 4.30. The van der Waals surface area contributed by atoms with Crippen LogP contribution in [0.15, 0.2) is 103 Å². The molecule has 1 amide bonds. The smallest absolute Gasteiger partial charge is 0.221 e. The molecule has 2 fully saturated rings. The highest BCUT2D eigenvalue weighted by Gasteiger charge is 2.56. The lowest BCUT2D eigenvalue weighted by Crippen LogP contribution is -2.40. The van der Waals surface area contributed by atoms with Crippen LogP contribution >= 0.6 is 0 Å². The Bertz CT molecular complexity index is 1040. The fourth-order valence-corrected chi connectivity index (χ4v) is 6.00. The Hall–Kier alpha value is -3.17. The molecule has 5 rings (SSSR count). The number of allylic oxidation sites excluding steroid dienone is 1. The number of carbonyl (C=O) groups excluding carboxylic acids is 1. The number of piperidine rings is 1. The Kier molecular flexibility index (Phi) is 6.88. The van der Waals surface area contributed by atoms with Gasteiger partial charge in [0.25, 0.3) is 0 Å². The maximum absolute atomic E-state index is 13.7. The molecule has 3 atom stereocenters. The standard InChI is InChI=1S/C32H36N2O/c1-24(2)13-12-20-34-22-28-29(23-34)31(28)33-30(35)21-32(25-14-6-3-7-15-25,26-16-8-4-9-17-26)27-18-10-5-11-19-27/h3-11,13-19,28-29,31H,12,20-23H2,1-2H3,(H,33,35)/t28-,29+,31?. The van der Waals surface area contributed by atoms with E-state index in [1.165, 1.54) is 5.57 Å². The molecule has 0 radical (unpaired) electrons. The second-order valence-corrected chi connectivity index (χ2v) is 10.4. The molecule has 1 aliphatic carbocycles. The van der Waals surface area contributed by atoms with Gasteiger partial charge in [-0.3, -0.25) is 4.79 Å². The highest BCUT2D eigenvalue weighted by atomic mass is 16.1. The third-order valence-corrected chi connectivity index (χ3v) is 7.82. The normalized spacial score (nSPS) is 21.3. The van der Waals surface area contributed by atoms with E-state index in [0.29, 0.717) is 24.3 Å². The number of likely N-dealkylation sites (tertiary alicyclic amines) is 1. The number of rotatable bonds is 9. The van der Waals surface area contributed by atoms with Crippen LogP contribution < -0.4 is 5.32 Å². The molecule has 1 aliphatic heterocycles. The number of carbonyl (C=O) groups is 1. The molecule has 1 saturated heterocycles. The number of fused-ring (bicyclic) bond motifs is 1.